The van der Waals surface area contributed by atoms with Gasteiger partial charge in [-0.1, -0.05) is 23.5 Å². The molecule has 8 heteroatoms. The monoisotopic (exact) mass is 400 g/mol. The lowest BCUT2D eigenvalue weighted by atomic mass is 10.1. The van der Waals surface area contributed by atoms with Crippen LogP contribution in [0.1, 0.15) is 34.3 Å². The highest BCUT2D eigenvalue weighted by atomic mass is 32.1. The normalized spacial score (nSPS) is 15.2. The minimum atomic E-state index is -0.0466. The number of ether oxygens (including phenoxy) is 2. The molecule has 3 aromatic rings. The third-order valence-corrected chi connectivity index (χ3v) is 6.22. The highest BCUT2D eigenvalue weighted by Gasteiger charge is 2.28. The van der Waals surface area contributed by atoms with Crippen LogP contribution in [0.15, 0.2) is 18.3 Å². The molecule has 0 atom stereocenters. The van der Waals surface area contributed by atoms with Gasteiger partial charge in [0.05, 0.1) is 17.3 Å². The van der Waals surface area contributed by atoms with Gasteiger partial charge in [-0.15, -0.1) is 5.10 Å². The van der Waals surface area contributed by atoms with E-state index in [-0.39, 0.29) is 12.0 Å². The Kier molecular flexibility index (Phi) is 4.97. The first-order chi connectivity index (χ1) is 13.5. The van der Waals surface area contributed by atoms with Crippen molar-refractivity contribution in [2.45, 2.75) is 32.8 Å². The summed E-state index contributed by atoms with van der Waals surface area (Å²) in [5.41, 5.74) is 3.91. The maximum absolute atomic E-state index is 12.8. The molecule has 0 spiro atoms. The largest absolute Gasteiger partial charge is 0.479 e. The highest BCUT2D eigenvalue weighted by molar-refractivity contribution is 7.20. The van der Waals surface area contributed by atoms with Crippen LogP contribution in [-0.4, -0.2) is 51.9 Å². The number of amides is 1. The molecule has 1 amide bonds. The molecule has 0 saturated carbocycles. The molecular weight excluding hydrogens is 376 g/mol. The van der Waals surface area contributed by atoms with Gasteiger partial charge >= 0.3 is 0 Å². The minimum Gasteiger partial charge on any atom is -0.479 e. The SMILES string of the molecule is COc1nn(C)cc1C(=O)N1CCC(Oc2nc3c(C)ccc(C)c3s2)CC1. The maximum Gasteiger partial charge on any atom is 0.274 e. The van der Waals surface area contributed by atoms with Crippen molar-refractivity contribution in [1.29, 1.82) is 0 Å². The molecule has 0 unspecified atom stereocenters. The fourth-order valence-corrected chi connectivity index (χ4v) is 4.57. The topological polar surface area (TPSA) is 69.5 Å². The molecule has 7 nitrogen and oxygen atoms in total. The second kappa shape index (κ2) is 7.43. The summed E-state index contributed by atoms with van der Waals surface area (Å²) in [5, 5.41) is 4.88. The molecule has 1 fully saturated rings. The molecule has 3 heterocycles. The molecule has 1 aromatic carbocycles. The van der Waals surface area contributed by atoms with Crippen LogP contribution in [0.4, 0.5) is 0 Å². The third kappa shape index (κ3) is 3.44. The summed E-state index contributed by atoms with van der Waals surface area (Å²) in [5.74, 6) is 0.320. The molecule has 0 bridgehead atoms. The Morgan fingerprint density at radius 2 is 1.93 bits per heavy atom. The Morgan fingerprint density at radius 3 is 2.61 bits per heavy atom. The van der Waals surface area contributed by atoms with Crippen molar-refractivity contribution >= 4 is 27.5 Å². The first-order valence-electron chi connectivity index (χ1n) is 9.36. The average molecular weight is 401 g/mol. The van der Waals surface area contributed by atoms with Crippen molar-refractivity contribution in [3.8, 4) is 11.1 Å². The lowest BCUT2D eigenvalue weighted by Gasteiger charge is -2.31. The Balaban J connectivity index is 1.41. The van der Waals surface area contributed by atoms with Gasteiger partial charge < -0.3 is 14.4 Å². The van der Waals surface area contributed by atoms with Gasteiger partial charge in [0, 0.05) is 39.2 Å². The lowest BCUT2D eigenvalue weighted by molar-refractivity contribution is 0.0592. The second-order valence-corrected chi connectivity index (χ2v) is 8.15. The summed E-state index contributed by atoms with van der Waals surface area (Å²) in [6.45, 7) is 5.46. The molecular formula is C20H24N4O3S. The zero-order chi connectivity index (χ0) is 19.8. The number of rotatable bonds is 4. The van der Waals surface area contributed by atoms with E-state index < -0.39 is 0 Å². The number of methoxy groups -OCH3 is 1. The standard InChI is InChI=1S/C20H24N4O3S/c1-12-5-6-13(2)17-16(12)21-20(28-17)27-14-7-9-24(10-8-14)19(25)15-11-23(3)22-18(15)26-4/h5-6,11,14H,7-10H2,1-4H3. The van der Waals surface area contributed by atoms with Gasteiger partial charge in [-0.2, -0.15) is 0 Å². The van der Waals surface area contributed by atoms with E-state index in [1.165, 1.54) is 17.4 Å². The summed E-state index contributed by atoms with van der Waals surface area (Å²) in [7, 11) is 3.31. The van der Waals surface area contributed by atoms with Crippen LogP contribution in [0.5, 0.6) is 11.1 Å². The quantitative estimate of drug-likeness (QED) is 0.672. The van der Waals surface area contributed by atoms with Gasteiger partial charge in [-0.3, -0.25) is 9.48 Å². The lowest BCUT2D eigenvalue weighted by Crippen LogP contribution is -2.41. The van der Waals surface area contributed by atoms with Crippen molar-refractivity contribution in [3.63, 3.8) is 0 Å². The van der Waals surface area contributed by atoms with Gasteiger partial charge in [-0.25, -0.2) is 4.98 Å². The molecule has 4 rings (SSSR count). The van der Waals surface area contributed by atoms with Gasteiger partial charge in [0.15, 0.2) is 0 Å². The molecule has 1 saturated heterocycles. The fraction of sp³-hybridized carbons (Fsp3) is 0.450. The Morgan fingerprint density at radius 1 is 1.21 bits per heavy atom. The first-order valence-corrected chi connectivity index (χ1v) is 10.2. The highest BCUT2D eigenvalue weighted by Crippen LogP contribution is 2.33. The number of thiazole rings is 1. The van der Waals surface area contributed by atoms with Crippen LogP contribution in [0, 0.1) is 13.8 Å². The Labute approximate surface area is 167 Å². The smallest absolute Gasteiger partial charge is 0.274 e. The van der Waals surface area contributed by atoms with Gasteiger partial charge in [-0.05, 0) is 25.0 Å². The molecule has 1 aliphatic rings. The number of aromatic nitrogens is 3. The summed E-state index contributed by atoms with van der Waals surface area (Å²) < 4.78 is 14.2. The van der Waals surface area contributed by atoms with E-state index >= 15 is 0 Å². The maximum atomic E-state index is 12.8. The summed E-state index contributed by atoms with van der Waals surface area (Å²) in [6.07, 6.45) is 3.33. The molecule has 0 radical (unpaired) electrons. The summed E-state index contributed by atoms with van der Waals surface area (Å²) in [6, 6.07) is 4.22. The van der Waals surface area contributed by atoms with Crippen molar-refractivity contribution in [2.75, 3.05) is 20.2 Å². The second-order valence-electron chi connectivity index (χ2n) is 7.19. The zero-order valence-corrected chi connectivity index (χ0v) is 17.4. The number of benzene rings is 1. The molecule has 148 valence electrons. The number of hydrogen-bond acceptors (Lipinski definition) is 6. The van der Waals surface area contributed by atoms with Crippen LogP contribution < -0.4 is 9.47 Å². The fourth-order valence-electron chi connectivity index (χ4n) is 3.55. The van der Waals surface area contributed by atoms with E-state index in [0.29, 0.717) is 29.7 Å². The van der Waals surface area contributed by atoms with Gasteiger partial charge in [0.2, 0.25) is 5.88 Å². The molecule has 1 aliphatic heterocycles. The van der Waals surface area contributed by atoms with Crippen molar-refractivity contribution in [3.05, 3.63) is 35.0 Å². The number of carbonyl (C=O) groups excluding carboxylic acids is 1. The first kappa shape index (κ1) is 18.7. The van der Waals surface area contributed by atoms with Crippen LogP contribution in [0.2, 0.25) is 0 Å². The van der Waals surface area contributed by atoms with Crippen molar-refractivity contribution < 1.29 is 14.3 Å². The number of likely N-dealkylation sites (tertiary alicyclic amines) is 1. The molecule has 2 aromatic heterocycles. The van der Waals surface area contributed by atoms with Crippen molar-refractivity contribution in [1.82, 2.24) is 19.7 Å². The number of aryl methyl sites for hydroxylation is 3. The number of piperidine rings is 1. The average Bonchev–Trinajstić information content (AvgIpc) is 3.29. The van der Waals surface area contributed by atoms with E-state index in [1.807, 2.05) is 4.90 Å². The zero-order valence-electron chi connectivity index (χ0n) is 16.6. The number of hydrogen-bond donors (Lipinski definition) is 0. The van der Waals surface area contributed by atoms with Crippen LogP contribution in [0.3, 0.4) is 0 Å². The van der Waals surface area contributed by atoms with E-state index in [1.54, 1.807) is 29.3 Å². The van der Waals surface area contributed by atoms with Crippen LogP contribution in [-0.2, 0) is 7.05 Å². The van der Waals surface area contributed by atoms with E-state index in [4.69, 9.17) is 9.47 Å². The molecule has 0 aliphatic carbocycles. The van der Waals surface area contributed by atoms with E-state index in [9.17, 15) is 4.79 Å². The Bertz CT molecular complexity index is 979. The van der Waals surface area contributed by atoms with E-state index in [2.05, 4.69) is 36.1 Å². The minimum absolute atomic E-state index is 0.0466. The predicted molar refractivity (Wildman–Crippen MR) is 108 cm³/mol. The third-order valence-electron chi connectivity index (χ3n) is 5.14. The van der Waals surface area contributed by atoms with Gasteiger partial charge in [0.1, 0.15) is 11.7 Å². The molecule has 0 N–H and O–H groups in total. The van der Waals surface area contributed by atoms with Gasteiger partial charge in [0.25, 0.3) is 11.1 Å². The Hall–Kier alpha value is -2.61. The predicted octanol–water partition coefficient (Wildman–Crippen LogP) is 3.34. The van der Waals surface area contributed by atoms with E-state index in [0.717, 1.165) is 23.9 Å². The van der Waals surface area contributed by atoms with Crippen LogP contribution >= 0.6 is 11.3 Å². The van der Waals surface area contributed by atoms with Crippen LogP contribution in [0.25, 0.3) is 10.2 Å². The summed E-state index contributed by atoms with van der Waals surface area (Å²) >= 11 is 1.60. The number of carbonyl (C=O) groups is 1. The number of fused-ring (bicyclic) bond motifs is 1. The van der Waals surface area contributed by atoms with Crippen molar-refractivity contribution in [2.24, 2.45) is 7.05 Å². The molecule has 28 heavy (non-hydrogen) atoms. The summed E-state index contributed by atoms with van der Waals surface area (Å²) in [4.78, 5) is 19.3. The number of nitrogens with zero attached hydrogens (tertiary/aromatic N) is 4.